The Balaban J connectivity index is 1.43. The fourth-order valence-corrected chi connectivity index (χ4v) is 4.30. The molecule has 2 saturated heterocycles. The highest BCUT2D eigenvalue weighted by molar-refractivity contribution is 5.82. The second-order valence-corrected chi connectivity index (χ2v) is 9.23. The molecule has 2 fully saturated rings. The van der Waals surface area contributed by atoms with Gasteiger partial charge in [0.25, 0.3) is 0 Å². The Morgan fingerprint density at radius 2 is 1.94 bits per heavy atom. The van der Waals surface area contributed by atoms with E-state index in [0.717, 1.165) is 19.4 Å². The third-order valence-corrected chi connectivity index (χ3v) is 6.37. The van der Waals surface area contributed by atoms with Gasteiger partial charge in [0.15, 0.2) is 5.82 Å². The third kappa shape index (κ3) is 5.08. The summed E-state index contributed by atoms with van der Waals surface area (Å²) in [7, 11) is 1.58. The summed E-state index contributed by atoms with van der Waals surface area (Å²) in [5.74, 6) is 0.398. The van der Waals surface area contributed by atoms with Gasteiger partial charge in [0.2, 0.25) is 18.1 Å². The number of nitrogens with one attached hydrogen (secondary N) is 3. The molecule has 1 atom stereocenters. The van der Waals surface area contributed by atoms with Crippen LogP contribution in [0.5, 0.6) is 0 Å². The molecule has 3 N–H and O–H groups in total. The van der Waals surface area contributed by atoms with Crippen LogP contribution in [0.4, 0.5) is 10.3 Å². The second-order valence-electron chi connectivity index (χ2n) is 9.23. The Morgan fingerprint density at radius 3 is 2.64 bits per heavy atom. The Morgan fingerprint density at radius 1 is 1.17 bits per heavy atom. The maximum atomic E-state index is 13.6. The maximum Gasteiger partial charge on any atom is 0.230 e. The third-order valence-electron chi connectivity index (χ3n) is 6.37. The van der Waals surface area contributed by atoms with Gasteiger partial charge in [-0.15, -0.1) is 0 Å². The van der Waals surface area contributed by atoms with Gasteiger partial charge in [0.05, 0.1) is 41.8 Å². The van der Waals surface area contributed by atoms with Crippen LogP contribution >= 0.6 is 0 Å². The molecule has 0 bridgehead atoms. The quantitative estimate of drug-likeness (QED) is 0.456. The minimum Gasteiger partial charge on any atom is -0.376 e. The SMILES string of the molecule is CNC(=O)C1(C)COC(c2nc(-c3ccc(F)cc3)c(-c3ccnc(NCC4CCCO4)n3)[nH]2)OC1. The first-order chi connectivity index (χ1) is 17.4. The van der Waals surface area contributed by atoms with Crippen LogP contribution < -0.4 is 10.6 Å². The predicted molar refractivity (Wildman–Crippen MR) is 129 cm³/mol. The molecular formula is C25H29FN6O4. The molecule has 3 aromatic rings. The van der Waals surface area contributed by atoms with Crippen LogP contribution in [0.2, 0.25) is 0 Å². The zero-order valence-corrected chi connectivity index (χ0v) is 20.2. The lowest BCUT2D eigenvalue weighted by Gasteiger charge is -2.34. The first kappa shape index (κ1) is 24.3. The van der Waals surface area contributed by atoms with E-state index in [9.17, 15) is 9.18 Å². The average molecular weight is 497 g/mol. The molecule has 0 saturated carbocycles. The summed E-state index contributed by atoms with van der Waals surface area (Å²) >= 11 is 0. The molecule has 11 heteroatoms. The molecule has 2 aliphatic rings. The van der Waals surface area contributed by atoms with Gasteiger partial charge in [-0.05, 0) is 50.1 Å². The smallest absolute Gasteiger partial charge is 0.230 e. The van der Waals surface area contributed by atoms with Crippen molar-refractivity contribution in [2.45, 2.75) is 32.2 Å². The fraction of sp³-hybridized carbons (Fsp3) is 0.440. The first-order valence-corrected chi connectivity index (χ1v) is 12.0. The van der Waals surface area contributed by atoms with Crippen molar-refractivity contribution in [2.75, 3.05) is 38.7 Å². The predicted octanol–water partition coefficient (Wildman–Crippen LogP) is 3.06. The molecule has 0 spiro atoms. The normalized spacial score (nSPS) is 24.0. The Hall–Kier alpha value is -3.41. The molecule has 2 aromatic heterocycles. The molecule has 4 heterocycles. The molecule has 0 aliphatic carbocycles. The molecule has 1 unspecified atom stereocenters. The summed E-state index contributed by atoms with van der Waals surface area (Å²) in [6.07, 6.45) is 3.07. The molecular weight excluding hydrogens is 467 g/mol. The number of aromatic amines is 1. The summed E-state index contributed by atoms with van der Waals surface area (Å²) in [6.45, 7) is 3.52. The van der Waals surface area contributed by atoms with Crippen molar-refractivity contribution in [3.05, 3.63) is 48.2 Å². The number of benzene rings is 1. The Kier molecular flexibility index (Phi) is 6.95. The Bertz CT molecular complexity index is 1200. The summed E-state index contributed by atoms with van der Waals surface area (Å²) < 4.78 is 31.1. The number of aromatic nitrogens is 4. The highest BCUT2D eigenvalue weighted by Gasteiger charge is 2.40. The second kappa shape index (κ2) is 10.3. The van der Waals surface area contributed by atoms with E-state index >= 15 is 0 Å². The van der Waals surface area contributed by atoms with E-state index in [-0.39, 0.29) is 31.0 Å². The van der Waals surface area contributed by atoms with Crippen LogP contribution in [0.25, 0.3) is 22.6 Å². The Labute approximate surface area is 208 Å². The number of anilines is 1. The van der Waals surface area contributed by atoms with Crippen LogP contribution in [0.1, 0.15) is 31.9 Å². The van der Waals surface area contributed by atoms with E-state index in [4.69, 9.17) is 19.2 Å². The average Bonchev–Trinajstić information content (AvgIpc) is 3.59. The van der Waals surface area contributed by atoms with Gasteiger partial charge in [0, 0.05) is 32.0 Å². The van der Waals surface area contributed by atoms with Gasteiger partial charge in [-0.25, -0.2) is 19.3 Å². The number of H-pyrrole nitrogens is 1. The number of carbonyl (C=O) groups excluding carboxylic acids is 1. The van der Waals surface area contributed by atoms with Crippen molar-refractivity contribution in [1.82, 2.24) is 25.3 Å². The van der Waals surface area contributed by atoms with Gasteiger partial charge in [-0.3, -0.25) is 4.79 Å². The number of halogens is 1. The van der Waals surface area contributed by atoms with Crippen molar-refractivity contribution in [1.29, 1.82) is 0 Å². The van der Waals surface area contributed by atoms with E-state index in [1.165, 1.54) is 12.1 Å². The van der Waals surface area contributed by atoms with Crippen LogP contribution in [0.3, 0.4) is 0 Å². The molecule has 36 heavy (non-hydrogen) atoms. The first-order valence-electron chi connectivity index (χ1n) is 12.0. The van der Waals surface area contributed by atoms with Gasteiger partial charge < -0.3 is 29.8 Å². The molecule has 1 amide bonds. The van der Waals surface area contributed by atoms with Crippen molar-refractivity contribution in [2.24, 2.45) is 5.41 Å². The summed E-state index contributed by atoms with van der Waals surface area (Å²) in [4.78, 5) is 29.2. The lowest BCUT2D eigenvalue weighted by Crippen LogP contribution is -2.47. The van der Waals surface area contributed by atoms with E-state index in [2.05, 4.69) is 25.6 Å². The molecule has 190 valence electrons. The van der Waals surface area contributed by atoms with Crippen molar-refractivity contribution < 1.29 is 23.4 Å². The van der Waals surface area contributed by atoms with Crippen LogP contribution in [-0.2, 0) is 19.0 Å². The topological polar surface area (TPSA) is 123 Å². The highest BCUT2D eigenvalue weighted by atomic mass is 19.1. The lowest BCUT2D eigenvalue weighted by molar-refractivity contribution is -0.230. The summed E-state index contributed by atoms with van der Waals surface area (Å²) in [6, 6.07) is 7.84. The highest BCUT2D eigenvalue weighted by Crippen LogP contribution is 2.35. The van der Waals surface area contributed by atoms with Crippen molar-refractivity contribution in [3.63, 3.8) is 0 Å². The molecule has 10 nitrogen and oxygen atoms in total. The number of ether oxygens (including phenoxy) is 3. The number of rotatable bonds is 7. The molecule has 2 aliphatic heterocycles. The van der Waals surface area contributed by atoms with Gasteiger partial charge in [0.1, 0.15) is 5.82 Å². The monoisotopic (exact) mass is 496 g/mol. The zero-order valence-electron chi connectivity index (χ0n) is 20.2. The van der Waals surface area contributed by atoms with Gasteiger partial charge in [-0.2, -0.15) is 0 Å². The van der Waals surface area contributed by atoms with Crippen LogP contribution in [-0.4, -0.2) is 65.4 Å². The number of hydrogen-bond donors (Lipinski definition) is 3. The minimum absolute atomic E-state index is 0.145. The zero-order chi connectivity index (χ0) is 25.1. The van der Waals surface area contributed by atoms with E-state index in [0.29, 0.717) is 41.0 Å². The molecule has 5 rings (SSSR count). The molecule has 1 aromatic carbocycles. The number of amides is 1. The largest absolute Gasteiger partial charge is 0.376 e. The van der Waals surface area contributed by atoms with Crippen molar-refractivity contribution >= 4 is 11.9 Å². The standard InChI is InChI=1S/C25H29FN6O4/c1-25(23(33)27-2)13-35-22(36-14-25)21-31-19(15-5-7-16(26)8-6-15)20(32-21)18-9-10-28-24(30-18)29-12-17-4-3-11-34-17/h5-10,17,22H,3-4,11-14H2,1-2H3,(H,27,33)(H,31,32)(H,28,29,30). The minimum atomic E-state index is -0.797. The van der Waals surface area contributed by atoms with Crippen LogP contribution in [0.15, 0.2) is 36.5 Å². The number of carbonyl (C=O) groups is 1. The summed E-state index contributed by atoms with van der Waals surface area (Å²) in [5, 5.41) is 5.88. The maximum absolute atomic E-state index is 13.6. The van der Waals surface area contributed by atoms with Crippen molar-refractivity contribution in [3.8, 4) is 22.6 Å². The molecule has 0 radical (unpaired) electrons. The number of nitrogens with zero attached hydrogens (tertiary/aromatic N) is 3. The number of hydrogen-bond acceptors (Lipinski definition) is 8. The van der Waals surface area contributed by atoms with E-state index in [1.54, 1.807) is 38.4 Å². The lowest BCUT2D eigenvalue weighted by atomic mass is 9.91. The van der Waals surface area contributed by atoms with Crippen LogP contribution in [0, 0.1) is 11.2 Å². The summed E-state index contributed by atoms with van der Waals surface area (Å²) in [5.41, 5.74) is 1.69. The number of imidazole rings is 1. The van der Waals surface area contributed by atoms with E-state index < -0.39 is 11.7 Å². The van der Waals surface area contributed by atoms with E-state index in [1.807, 2.05) is 0 Å². The van der Waals surface area contributed by atoms with Gasteiger partial charge in [-0.1, -0.05) is 0 Å². The van der Waals surface area contributed by atoms with Gasteiger partial charge >= 0.3 is 0 Å². The fourth-order valence-electron chi connectivity index (χ4n) is 4.30.